The van der Waals surface area contributed by atoms with Crippen molar-refractivity contribution in [3.63, 3.8) is 0 Å². The maximum atomic E-state index is 13.1. The molecule has 1 aliphatic rings. The molecule has 0 atom stereocenters. The van der Waals surface area contributed by atoms with Crippen molar-refractivity contribution in [1.29, 1.82) is 0 Å². The molecular formula is C27H26FN3O2. The van der Waals surface area contributed by atoms with Gasteiger partial charge in [-0.25, -0.2) is 4.39 Å². The fraction of sp³-hybridized carbons (Fsp3) is 0.222. The van der Waals surface area contributed by atoms with E-state index in [1.807, 2.05) is 36.5 Å². The number of anilines is 1. The molecule has 0 saturated carbocycles. The summed E-state index contributed by atoms with van der Waals surface area (Å²) in [5, 5.41) is 8.12. The lowest BCUT2D eigenvalue weighted by molar-refractivity contribution is 0.174. The molecule has 168 valence electrons. The van der Waals surface area contributed by atoms with Crippen molar-refractivity contribution in [2.75, 3.05) is 25.2 Å². The maximum Gasteiger partial charge on any atom is 0.231 e. The van der Waals surface area contributed by atoms with E-state index >= 15 is 0 Å². The molecule has 6 heteroatoms. The third-order valence-corrected chi connectivity index (χ3v) is 5.74. The lowest BCUT2D eigenvalue weighted by Gasteiger charge is -2.11. The van der Waals surface area contributed by atoms with Crippen LogP contribution in [0.5, 0.6) is 11.5 Å². The quantitative estimate of drug-likeness (QED) is 0.345. The van der Waals surface area contributed by atoms with Gasteiger partial charge in [0.25, 0.3) is 0 Å². The lowest BCUT2D eigenvalue weighted by Crippen LogP contribution is -2.17. The van der Waals surface area contributed by atoms with Gasteiger partial charge in [0.2, 0.25) is 6.79 Å². The second-order valence-electron chi connectivity index (χ2n) is 8.16. The number of nitrogens with one attached hydrogen (secondary N) is 2. The van der Waals surface area contributed by atoms with Crippen molar-refractivity contribution in [3.8, 4) is 11.5 Å². The van der Waals surface area contributed by atoms with Crippen molar-refractivity contribution < 1.29 is 13.9 Å². The highest BCUT2D eigenvalue weighted by atomic mass is 19.1. The van der Waals surface area contributed by atoms with Gasteiger partial charge in [0.15, 0.2) is 11.5 Å². The van der Waals surface area contributed by atoms with E-state index in [0.29, 0.717) is 6.79 Å². The monoisotopic (exact) mass is 443 g/mol. The topological polar surface area (TPSA) is 55.4 Å². The Morgan fingerprint density at radius 2 is 1.64 bits per heavy atom. The molecule has 0 radical (unpaired) electrons. The fourth-order valence-electron chi connectivity index (χ4n) is 4.02. The first kappa shape index (κ1) is 21.2. The predicted molar refractivity (Wildman–Crippen MR) is 128 cm³/mol. The van der Waals surface area contributed by atoms with Gasteiger partial charge < -0.3 is 20.1 Å². The van der Waals surface area contributed by atoms with Crippen LogP contribution in [0.1, 0.15) is 23.1 Å². The van der Waals surface area contributed by atoms with Crippen molar-refractivity contribution in [2.24, 2.45) is 0 Å². The zero-order valence-corrected chi connectivity index (χ0v) is 18.3. The first-order valence-corrected chi connectivity index (χ1v) is 11.2. The Hall–Kier alpha value is -3.64. The number of hydrogen-bond acceptors (Lipinski definition) is 5. The van der Waals surface area contributed by atoms with Crippen LogP contribution in [-0.4, -0.2) is 24.9 Å². The van der Waals surface area contributed by atoms with E-state index in [4.69, 9.17) is 9.47 Å². The Morgan fingerprint density at radius 3 is 2.55 bits per heavy atom. The molecule has 1 aliphatic heterocycles. The van der Waals surface area contributed by atoms with Crippen molar-refractivity contribution in [3.05, 3.63) is 95.4 Å². The molecule has 5 rings (SSSR count). The molecule has 33 heavy (non-hydrogen) atoms. The molecular weight excluding hydrogens is 417 g/mol. The average molecular weight is 444 g/mol. The number of halogens is 1. The molecule has 2 N–H and O–H groups in total. The van der Waals surface area contributed by atoms with Gasteiger partial charge in [0.05, 0.1) is 5.52 Å². The van der Waals surface area contributed by atoms with E-state index in [9.17, 15) is 4.39 Å². The van der Waals surface area contributed by atoms with Crippen LogP contribution in [0.15, 0.2) is 72.9 Å². The van der Waals surface area contributed by atoms with Crippen LogP contribution < -0.4 is 20.1 Å². The van der Waals surface area contributed by atoms with Crippen LogP contribution in [0, 0.1) is 5.82 Å². The molecule has 0 unspecified atom stereocenters. The van der Waals surface area contributed by atoms with Crippen molar-refractivity contribution in [1.82, 2.24) is 10.3 Å². The van der Waals surface area contributed by atoms with E-state index in [0.717, 1.165) is 71.7 Å². The number of hydrogen-bond donors (Lipinski definition) is 2. The number of fused-ring (bicyclic) bond motifs is 2. The summed E-state index contributed by atoms with van der Waals surface area (Å²) in [4.78, 5) is 4.54. The minimum atomic E-state index is -0.210. The smallest absolute Gasteiger partial charge is 0.231 e. The molecule has 0 aliphatic carbocycles. The Kier molecular flexibility index (Phi) is 6.35. The molecule has 3 aromatic carbocycles. The SMILES string of the molecule is Fc1ccc(Cc2ccc3c(NCCCNCc4ccc5c(c4)OCO5)ccnc3c2)cc1. The van der Waals surface area contributed by atoms with Gasteiger partial charge in [-0.2, -0.15) is 0 Å². The Morgan fingerprint density at radius 1 is 0.818 bits per heavy atom. The minimum Gasteiger partial charge on any atom is -0.454 e. The summed E-state index contributed by atoms with van der Waals surface area (Å²) in [5.41, 5.74) is 5.47. The first-order valence-electron chi connectivity index (χ1n) is 11.2. The number of nitrogens with zero attached hydrogens (tertiary/aromatic N) is 1. The third-order valence-electron chi connectivity index (χ3n) is 5.74. The first-order chi connectivity index (χ1) is 16.2. The highest BCUT2D eigenvalue weighted by molar-refractivity contribution is 5.91. The van der Waals surface area contributed by atoms with Crippen LogP contribution in [0.2, 0.25) is 0 Å². The Balaban J connectivity index is 1.12. The van der Waals surface area contributed by atoms with Crippen LogP contribution in [-0.2, 0) is 13.0 Å². The second-order valence-corrected chi connectivity index (χ2v) is 8.16. The average Bonchev–Trinajstić information content (AvgIpc) is 3.31. The Labute approximate surface area is 192 Å². The van der Waals surface area contributed by atoms with E-state index in [-0.39, 0.29) is 5.82 Å². The molecule has 0 fully saturated rings. The highest BCUT2D eigenvalue weighted by Crippen LogP contribution is 2.32. The third kappa shape index (κ3) is 5.23. The summed E-state index contributed by atoms with van der Waals surface area (Å²) in [6.07, 6.45) is 3.59. The Bertz CT molecular complexity index is 1240. The zero-order valence-electron chi connectivity index (χ0n) is 18.3. The van der Waals surface area contributed by atoms with Crippen LogP contribution in [0.25, 0.3) is 10.9 Å². The molecule has 5 nitrogen and oxygen atoms in total. The number of pyridine rings is 1. The van der Waals surface area contributed by atoms with Gasteiger partial charge >= 0.3 is 0 Å². The standard InChI is InChI=1S/C27H26FN3O2/c28-22-6-2-19(3-7-22)14-20-4-8-23-24(10-13-31-25(23)15-20)30-12-1-11-29-17-21-5-9-26-27(16-21)33-18-32-26/h2-10,13,15-16,29H,1,11-12,14,17-18H2,(H,30,31). The van der Waals surface area contributed by atoms with Crippen LogP contribution in [0.4, 0.5) is 10.1 Å². The predicted octanol–water partition coefficient (Wildman–Crippen LogP) is 5.29. The minimum absolute atomic E-state index is 0.210. The summed E-state index contributed by atoms with van der Waals surface area (Å²) in [7, 11) is 0. The van der Waals surface area contributed by atoms with E-state index in [1.54, 1.807) is 0 Å². The molecule has 0 spiro atoms. The van der Waals surface area contributed by atoms with Crippen LogP contribution in [0.3, 0.4) is 0 Å². The van der Waals surface area contributed by atoms with Crippen molar-refractivity contribution in [2.45, 2.75) is 19.4 Å². The fourth-order valence-corrected chi connectivity index (χ4v) is 4.02. The van der Waals surface area contributed by atoms with Gasteiger partial charge in [-0.05, 0) is 72.5 Å². The summed E-state index contributed by atoms with van der Waals surface area (Å²) in [6, 6.07) is 21.1. The summed E-state index contributed by atoms with van der Waals surface area (Å²) < 4.78 is 23.9. The molecule has 1 aromatic heterocycles. The largest absolute Gasteiger partial charge is 0.454 e. The normalized spacial score (nSPS) is 12.3. The van der Waals surface area contributed by atoms with Crippen molar-refractivity contribution >= 4 is 16.6 Å². The lowest BCUT2D eigenvalue weighted by atomic mass is 10.0. The van der Waals surface area contributed by atoms with Gasteiger partial charge in [-0.1, -0.05) is 30.3 Å². The van der Waals surface area contributed by atoms with Gasteiger partial charge in [0, 0.05) is 30.4 Å². The van der Waals surface area contributed by atoms with Crippen LogP contribution >= 0.6 is 0 Å². The number of benzene rings is 3. The number of ether oxygens (including phenoxy) is 2. The van der Waals surface area contributed by atoms with Gasteiger partial charge in [-0.15, -0.1) is 0 Å². The highest BCUT2D eigenvalue weighted by Gasteiger charge is 2.12. The molecule has 0 amide bonds. The van der Waals surface area contributed by atoms with E-state index in [1.165, 1.54) is 17.7 Å². The summed E-state index contributed by atoms with van der Waals surface area (Å²) in [5.74, 6) is 1.43. The van der Waals surface area contributed by atoms with Gasteiger partial charge in [0.1, 0.15) is 5.82 Å². The van der Waals surface area contributed by atoms with Gasteiger partial charge in [-0.3, -0.25) is 4.98 Å². The second kappa shape index (κ2) is 9.88. The number of aromatic nitrogens is 1. The zero-order chi connectivity index (χ0) is 22.5. The van der Waals surface area contributed by atoms with E-state index in [2.05, 4.69) is 39.9 Å². The number of rotatable bonds is 9. The molecule has 0 saturated heterocycles. The molecule has 2 heterocycles. The molecule has 0 bridgehead atoms. The summed E-state index contributed by atoms with van der Waals surface area (Å²) >= 11 is 0. The molecule has 4 aromatic rings. The summed E-state index contributed by atoms with van der Waals surface area (Å²) in [6.45, 7) is 2.87. The maximum absolute atomic E-state index is 13.1. The van der Waals surface area contributed by atoms with E-state index < -0.39 is 0 Å².